The van der Waals surface area contributed by atoms with E-state index in [4.69, 9.17) is 0 Å². The maximum absolute atomic E-state index is 2.23. The van der Waals surface area contributed by atoms with E-state index in [1.165, 1.54) is 21.5 Å². The van der Waals surface area contributed by atoms with Gasteiger partial charge in [-0.3, -0.25) is 0 Å². The third-order valence-electron chi connectivity index (χ3n) is 4.18. The van der Waals surface area contributed by atoms with Crippen LogP contribution in [-0.2, 0) is 16.5 Å². The van der Waals surface area contributed by atoms with Gasteiger partial charge in [0, 0.05) is 22.9 Å². The Kier molecular flexibility index (Phi) is 11.8. The van der Waals surface area contributed by atoms with E-state index < -0.39 is 7.92 Å². The predicted octanol–water partition coefficient (Wildman–Crippen LogP) is 2.54. The number of rotatable bonds is 4. The number of halogens is 1. The second-order valence-corrected chi connectivity index (χ2v) is 8.21. The second-order valence-electron chi connectivity index (χ2n) is 5.99. The number of hydrogen-bond acceptors (Lipinski definition) is 0. The average Bonchev–Trinajstić information content (AvgIpc) is 3.25. The molecule has 0 spiro atoms. The van der Waals surface area contributed by atoms with Crippen molar-refractivity contribution >= 4 is 23.8 Å². The first kappa shape index (κ1) is 24.4. The van der Waals surface area contributed by atoms with Gasteiger partial charge in [0.2, 0.25) is 0 Å². The first-order valence-corrected chi connectivity index (χ1v) is 10.4. The zero-order valence-corrected chi connectivity index (χ0v) is 18.5. The van der Waals surface area contributed by atoms with Crippen LogP contribution in [0.2, 0.25) is 0 Å². The molecule has 0 N–H and O–H groups in total. The molecule has 3 aromatic rings. The molecule has 147 valence electrons. The van der Waals surface area contributed by atoms with Crippen LogP contribution in [0.5, 0.6) is 0 Å². The van der Waals surface area contributed by atoms with Gasteiger partial charge in [0.25, 0.3) is 0 Å². The Morgan fingerprint density at radius 1 is 0.607 bits per heavy atom. The van der Waals surface area contributed by atoms with E-state index in [-0.39, 0.29) is 28.9 Å². The molecule has 1 aliphatic carbocycles. The molecule has 4 rings (SSSR count). The van der Waals surface area contributed by atoms with Gasteiger partial charge in [-0.15, -0.1) is 0 Å². The van der Waals surface area contributed by atoms with Crippen LogP contribution < -0.4 is 28.3 Å². The van der Waals surface area contributed by atoms with Crippen LogP contribution in [0.1, 0.15) is 13.3 Å². The molecule has 1 aliphatic rings. The Bertz CT molecular complexity index is 752. The van der Waals surface area contributed by atoms with Crippen molar-refractivity contribution in [3.05, 3.63) is 121 Å². The first-order valence-electron chi connectivity index (χ1n) is 9.04. The Balaban J connectivity index is 0.000000373. The van der Waals surface area contributed by atoms with Crippen molar-refractivity contribution in [2.75, 3.05) is 0 Å². The zero-order valence-electron chi connectivity index (χ0n) is 15.8. The standard InChI is InChI=1S/C18H15P.C7H9.ClH.Ni/c1-4-10-16(11-5-1)19(17-12-6-2-7-13-17)18-14-8-3-9-15-18;1-2-7-5-3-4-6-7;;/h1-15H;3-6H,2H2,1H3;1H;/p-1. The van der Waals surface area contributed by atoms with Gasteiger partial charge in [0.15, 0.2) is 0 Å². The molecule has 0 amide bonds. The molecule has 0 aromatic heterocycles. The first-order chi connectivity index (χ1) is 12.9. The summed E-state index contributed by atoms with van der Waals surface area (Å²) in [5, 5.41) is 4.19. The zero-order chi connectivity index (χ0) is 18.0. The molecule has 0 bridgehead atoms. The molecule has 0 heterocycles. The smallest absolute Gasteiger partial charge is 0.00833 e. The molecule has 0 unspecified atom stereocenters. The van der Waals surface area contributed by atoms with Crippen molar-refractivity contribution in [2.45, 2.75) is 13.3 Å². The van der Waals surface area contributed by atoms with Crippen molar-refractivity contribution in [3.63, 3.8) is 0 Å². The molecular formula is C25H24ClNiP-. The van der Waals surface area contributed by atoms with Gasteiger partial charge in [0.05, 0.1) is 0 Å². The molecule has 0 saturated heterocycles. The van der Waals surface area contributed by atoms with Gasteiger partial charge < -0.3 is 12.4 Å². The van der Waals surface area contributed by atoms with Gasteiger partial charge in [-0.25, -0.2) is 0 Å². The van der Waals surface area contributed by atoms with Crippen LogP contribution in [0.3, 0.4) is 0 Å². The third kappa shape index (κ3) is 7.07. The van der Waals surface area contributed by atoms with Crippen molar-refractivity contribution in [1.29, 1.82) is 0 Å². The van der Waals surface area contributed by atoms with Crippen molar-refractivity contribution in [1.82, 2.24) is 0 Å². The largest absolute Gasteiger partial charge is 1.00 e. The van der Waals surface area contributed by atoms with Crippen molar-refractivity contribution < 1.29 is 28.9 Å². The minimum absolute atomic E-state index is 0. The summed E-state index contributed by atoms with van der Waals surface area (Å²) < 4.78 is 0. The van der Waals surface area contributed by atoms with Crippen molar-refractivity contribution in [2.24, 2.45) is 0 Å². The molecule has 0 atom stereocenters. The van der Waals surface area contributed by atoms with E-state index in [0.717, 1.165) is 6.42 Å². The van der Waals surface area contributed by atoms with Gasteiger partial charge in [-0.2, -0.15) is 0 Å². The fraction of sp³-hybridized carbons (Fsp3) is 0.0800. The van der Waals surface area contributed by atoms with Crippen LogP contribution in [0, 0.1) is 6.42 Å². The van der Waals surface area contributed by atoms with E-state index >= 15 is 0 Å². The molecule has 0 fully saturated rings. The second kappa shape index (κ2) is 13.5. The van der Waals surface area contributed by atoms with Crippen LogP contribution >= 0.6 is 7.92 Å². The SMILES string of the molecule is CCC1=CC=C[CH]1.[Cl-].[Ni].c1ccc(P(c2ccccc2)c2ccccc2)cc1. The molecule has 28 heavy (non-hydrogen) atoms. The molecule has 0 aliphatic heterocycles. The summed E-state index contributed by atoms with van der Waals surface area (Å²) in [6.07, 6.45) is 9.57. The Morgan fingerprint density at radius 3 is 1.25 bits per heavy atom. The van der Waals surface area contributed by atoms with Crippen LogP contribution in [-0.4, -0.2) is 0 Å². The molecule has 3 aromatic carbocycles. The summed E-state index contributed by atoms with van der Waals surface area (Å²) in [7, 11) is -0.446. The molecule has 1 radical (unpaired) electrons. The van der Waals surface area contributed by atoms with E-state index in [2.05, 4.69) is 123 Å². The number of hydrogen-bond donors (Lipinski definition) is 0. The van der Waals surface area contributed by atoms with Gasteiger partial charge in [-0.1, -0.05) is 122 Å². The maximum atomic E-state index is 2.23. The van der Waals surface area contributed by atoms with E-state index in [9.17, 15) is 0 Å². The molecule has 0 nitrogen and oxygen atoms in total. The topological polar surface area (TPSA) is 0 Å². The fourth-order valence-corrected chi connectivity index (χ4v) is 5.13. The van der Waals surface area contributed by atoms with Crippen molar-refractivity contribution in [3.8, 4) is 0 Å². The van der Waals surface area contributed by atoms with E-state index in [1.807, 2.05) is 0 Å². The van der Waals surface area contributed by atoms with Crippen LogP contribution in [0.15, 0.2) is 115 Å². The Morgan fingerprint density at radius 2 is 1.00 bits per heavy atom. The minimum atomic E-state index is -0.446. The van der Waals surface area contributed by atoms with Crippen LogP contribution in [0.4, 0.5) is 0 Å². The quantitative estimate of drug-likeness (QED) is 0.424. The summed E-state index contributed by atoms with van der Waals surface area (Å²) in [5.41, 5.74) is 1.43. The predicted molar refractivity (Wildman–Crippen MR) is 117 cm³/mol. The van der Waals surface area contributed by atoms with Gasteiger partial charge in [0.1, 0.15) is 0 Å². The average molecular weight is 450 g/mol. The summed E-state index contributed by atoms with van der Waals surface area (Å²) in [6.45, 7) is 2.16. The molecular weight excluding hydrogens is 425 g/mol. The number of benzene rings is 3. The molecule has 0 saturated carbocycles. The normalized spacial score (nSPS) is 11.6. The summed E-state index contributed by atoms with van der Waals surface area (Å²) >= 11 is 0. The fourth-order valence-electron chi connectivity index (χ4n) is 2.83. The van der Waals surface area contributed by atoms with E-state index in [1.54, 1.807) is 0 Å². The van der Waals surface area contributed by atoms with E-state index in [0.29, 0.717) is 0 Å². The maximum Gasteiger partial charge on any atom is 0.00833 e. The van der Waals surface area contributed by atoms with Gasteiger partial charge in [-0.05, 0) is 30.3 Å². The third-order valence-corrected chi connectivity index (χ3v) is 6.63. The van der Waals surface area contributed by atoms with Crippen LogP contribution in [0.25, 0.3) is 0 Å². The summed E-state index contributed by atoms with van der Waals surface area (Å²) in [6, 6.07) is 32.3. The number of allylic oxidation sites excluding steroid dienone is 4. The summed E-state index contributed by atoms with van der Waals surface area (Å²) in [4.78, 5) is 0. The van der Waals surface area contributed by atoms with Gasteiger partial charge >= 0.3 is 0 Å². The molecule has 3 heteroatoms. The summed E-state index contributed by atoms with van der Waals surface area (Å²) in [5.74, 6) is 0. The monoisotopic (exact) mass is 448 g/mol. The Labute approximate surface area is 186 Å². The Hall–Kier alpha value is -1.65. The minimum Gasteiger partial charge on any atom is -1.00 e.